The molecule has 1 heterocycles. The summed E-state index contributed by atoms with van der Waals surface area (Å²) in [5, 5.41) is 2.96. The first-order valence-corrected chi connectivity index (χ1v) is 7.05. The van der Waals surface area contributed by atoms with Crippen molar-refractivity contribution in [1.82, 2.24) is 5.32 Å². The predicted molar refractivity (Wildman–Crippen MR) is 74.1 cm³/mol. The number of carbonyl (C=O) groups excluding carboxylic acids is 1. The molecule has 0 aromatic rings. The third kappa shape index (κ3) is 10.3. The van der Waals surface area contributed by atoms with Crippen molar-refractivity contribution in [3.8, 4) is 0 Å². The van der Waals surface area contributed by atoms with E-state index in [1.165, 1.54) is 0 Å². The molecular weight excluding hydrogens is 214 g/mol. The van der Waals surface area contributed by atoms with Crippen LogP contribution in [0.1, 0.15) is 54.4 Å². The zero-order chi connectivity index (χ0) is 13.7. The van der Waals surface area contributed by atoms with Crippen LogP contribution in [0.3, 0.4) is 0 Å². The van der Waals surface area contributed by atoms with Crippen LogP contribution in [0.25, 0.3) is 0 Å². The summed E-state index contributed by atoms with van der Waals surface area (Å²) in [5.41, 5.74) is 0. The number of nitrogens with one attached hydrogen (secondary N) is 1. The molecule has 0 saturated carbocycles. The Balaban J connectivity index is 0. The van der Waals surface area contributed by atoms with Gasteiger partial charge in [-0.1, -0.05) is 41.5 Å². The van der Waals surface area contributed by atoms with E-state index in [2.05, 4.69) is 19.2 Å². The highest BCUT2D eigenvalue weighted by molar-refractivity contribution is 5.78. The molecule has 1 fully saturated rings. The minimum atomic E-state index is 0.187. The van der Waals surface area contributed by atoms with Gasteiger partial charge in [-0.3, -0.25) is 4.79 Å². The summed E-state index contributed by atoms with van der Waals surface area (Å²) in [4.78, 5) is 11.5. The van der Waals surface area contributed by atoms with Crippen LogP contribution in [0.5, 0.6) is 0 Å². The van der Waals surface area contributed by atoms with Gasteiger partial charge in [0.2, 0.25) is 5.91 Å². The summed E-state index contributed by atoms with van der Waals surface area (Å²) < 4.78 is 5.20. The molecule has 3 nitrogen and oxygen atoms in total. The molecule has 1 amide bonds. The van der Waals surface area contributed by atoms with Gasteiger partial charge in [0.1, 0.15) is 0 Å². The quantitative estimate of drug-likeness (QED) is 0.829. The Morgan fingerprint density at radius 1 is 1.18 bits per heavy atom. The standard InChI is InChI=1S/C10H19NO2.2C2H6/c1-8(2)7-11-10(12)9-3-5-13-6-4-9;2*1-2/h8-9H,3-7H2,1-2H3,(H,11,12);2*1-2H3. The molecule has 1 aliphatic heterocycles. The number of ether oxygens (including phenoxy) is 1. The van der Waals surface area contributed by atoms with Crippen LogP contribution >= 0.6 is 0 Å². The monoisotopic (exact) mass is 245 g/mol. The Labute approximate surface area is 107 Å². The van der Waals surface area contributed by atoms with E-state index in [-0.39, 0.29) is 11.8 Å². The van der Waals surface area contributed by atoms with E-state index in [9.17, 15) is 4.79 Å². The summed E-state index contributed by atoms with van der Waals surface area (Å²) >= 11 is 0. The Kier molecular flexibility index (Phi) is 14.9. The lowest BCUT2D eigenvalue weighted by molar-refractivity contribution is -0.127. The molecule has 0 radical (unpaired) electrons. The van der Waals surface area contributed by atoms with Crippen LogP contribution in [-0.4, -0.2) is 25.7 Å². The largest absolute Gasteiger partial charge is 0.381 e. The van der Waals surface area contributed by atoms with Gasteiger partial charge < -0.3 is 10.1 Å². The van der Waals surface area contributed by atoms with E-state index in [4.69, 9.17) is 4.74 Å². The molecule has 0 aromatic carbocycles. The third-order valence-electron chi connectivity index (χ3n) is 2.28. The fourth-order valence-corrected chi connectivity index (χ4v) is 1.41. The molecule has 1 aliphatic rings. The van der Waals surface area contributed by atoms with Gasteiger partial charge in [-0.05, 0) is 18.8 Å². The lowest BCUT2D eigenvalue weighted by Gasteiger charge is -2.21. The fourth-order valence-electron chi connectivity index (χ4n) is 1.41. The first-order valence-electron chi connectivity index (χ1n) is 7.05. The molecule has 0 atom stereocenters. The zero-order valence-corrected chi connectivity index (χ0v) is 12.5. The molecule has 3 heteroatoms. The number of amides is 1. The van der Waals surface area contributed by atoms with E-state index >= 15 is 0 Å². The molecule has 104 valence electrons. The Hall–Kier alpha value is -0.570. The van der Waals surface area contributed by atoms with Crippen LogP contribution < -0.4 is 5.32 Å². The van der Waals surface area contributed by atoms with Gasteiger partial charge in [0.05, 0.1) is 0 Å². The summed E-state index contributed by atoms with van der Waals surface area (Å²) in [6.07, 6.45) is 1.76. The lowest BCUT2D eigenvalue weighted by atomic mass is 9.99. The molecule has 1 saturated heterocycles. The smallest absolute Gasteiger partial charge is 0.223 e. The van der Waals surface area contributed by atoms with Gasteiger partial charge in [0.15, 0.2) is 0 Å². The van der Waals surface area contributed by atoms with Gasteiger partial charge in [0.25, 0.3) is 0 Å². The average Bonchev–Trinajstić information content (AvgIpc) is 2.41. The van der Waals surface area contributed by atoms with E-state index < -0.39 is 0 Å². The molecule has 0 bridgehead atoms. The Morgan fingerprint density at radius 2 is 1.65 bits per heavy atom. The van der Waals surface area contributed by atoms with Crippen LogP contribution in [0.15, 0.2) is 0 Å². The van der Waals surface area contributed by atoms with Crippen LogP contribution in [-0.2, 0) is 9.53 Å². The highest BCUT2D eigenvalue weighted by atomic mass is 16.5. The van der Waals surface area contributed by atoms with Gasteiger partial charge in [0, 0.05) is 25.7 Å². The highest BCUT2D eigenvalue weighted by Gasteiger charge is 2.20. The zero-order valence-electron chi connectivity index (χ0n) is 12.5. The number of rotatable bonds is 3. The maximum absolute atomic E-state index is 11.5. The Bertz CT molecular complexity index is 164. The van der Waals surface area contributed by atoms with E-state index in [0.29, 0.717) is 5.92 Å². The van der Waals surface area contributed by atoms with Crippen molar-refractivity contribution in [3.63, 3.8) is 0 Å². The van der Waals surface area contributed by atoms with Gasteiger partial charge in [-0.15, -0.1) is 0 Å². The second-order valence-electron chi connectivity index (χ2n) is 4.03. The van der Waals surface area contributed by atoms with Crippen LogP contribution in [0.4, 0.5) is 0 Å². The molecule has 1 rings (SSSR count). The van der Waals surface area contributed by atoms with E-state index in [1.807, 2.05) is 27.7 Å². The van der Waals surface area contributed by atoms with Crippen molar-refractivity contribution in [3.05, 3.63) is 0 Å². The van der Waals surface area contributed by atoms with Crippen LogP contribution in [0.2, 0.25) is 0 Å². The normalized spacial score (nSPS) is 15.2. The van der Waals surface area contributed by atoms with Crippen molar-refractivity contribution >= 4 is 5.91 Å². The summed E-state index contributed by atoms with van der Waals surface area (Å²) in [6, 6.07) is 0. The predicted octanol–water partition coefficient (Wildman–Crippen LogP) is 3.24. The average molecular weight is 245 g/mol. The van der Waals surface area contributed by atoms with Crippen molar-refractivity contribution in [2.24, 2.45) is 11.8 Å². The number of hydrogen-bond acceptors (Lipinski definition) is 2. The summed E-state index contributed by atoms with van der Waals surface area (Å²) in [7, 11) is 0. The maximum atomic E-state index is 11.5. The summed E-state index contributed by atoms with van der Waals surface area (Å²) in [6.45, 7) is 14.5. The maximum Gasteiger partial charge on any atom is 0.223 e. The third-order valence-corrected chi connectivity index (χ3v) is 2.28. The van der Waals surface area contributed by atoms with Gasteiger partial charge in [-0.25, -0.2) is 0 Å². The molecule has 1 N–H and O–H groups in total. The molecule has 0 unspecified atom stereocenters. The SMILES string of the molecule is CC.CC.CC(C)CNC(=O)C1CCOCC1. The fraction of sp³-hybridized carbons (Fsp3) is 0.929. The number of hydrogen-bond donors (Lipinski definition) is 1. The van der Waals surface area contributed by atoms with Crippen LogP contribution in [0, 0.1) is 11.8 Å². The summed E-state index contributed by atoms with van der Waals surface area (Å²) in [5.74, 6) is 0.924. The molecular formula is C14H31NO2. The second-order valence-corrected chi connectivity index (χ2v) is 4.03. The van der Waals surface area contributed by atoms with Crippen molar-refractivity contribution in [2.75, 3.05) is 19.8 Å². The minimum Gasteiger partial charge on any atom is -0.381 e. The molecule has 0 spiro atoms. The molecule has 17 heavy (non-hydrogen) atoms. The first kappa shape index (κ1) is 18.8. The molecule has 0 aliphatic carbocycles. The van der Waals surface area contributed by atoms with Crippen molar-refractivity contribution in [2.45, 2.75) is 54.4 Å². The minimum absolute atomic E-state index is 0.187. The Morgan fingerprint density at radius 3 is 2.06 bits per heavy atom. The van der Waals surface area contributed by atoms with Gasteiger partial charge >= 0.3 is 0 Å². The van der Waals surface area contributed by atoms with Crippen molar-refractivity contribution in [1.29, 1.82) is 0 Å². The van der Waals surface area contributed by atoms with Gasteiger partial charge in [-0.2, -0.15) is 0 Å². The second kappa shape index (κ2) is 13.5. The van der Waals surface area contributed by atoms with E-state index in [1.54, 1.807) is 0 Å². The van der Waals surface area contributed by atoms with E-state index in [0.717, 1.165) is 32.6 Å². The lowest BCUT2D eigenvalue weighted by Crippen LogP contribution is -2.36. The highest BCUT2D eigenvalue weighted by Crippen LogP contribution is 2.14. The molecule has 0 aromatic heterocycles. The van der Waals surface area contributed by atoms with Crippen molar-refractivity contribution < 1.29 is 9.53 Å². The topological polar surface area (TPSA) is 38.3 Å². The number of carbonyl (C=O) groups is 1. The first-order chi connectivity index (χ1) is 8.20.